The van der Waals surface area contributed by atoms with Crippen LogP contribution in [0.5, 0.6) is 0 Å². The van der Waals surface area contributed by atoms with Gasteiger partial charge in [-0.25, -0.2) is 0 Å². The molecule has 2 N–H and O–H groups in total. The Morgan fingerprint density at radius 1 is 1.57 bits per heavy atom. The van der Waals surface area contributed by atoms with Crippen molar-refractivity contribution in [2.75, 3.05) is 6.61 Å². The van der Waals surface area contributed by atoms with Gasteiger partial charge in [-0.1, -0.05) is 0 Å². The molecule has 0 spiro atoms. The first-order valence-electron chi connectivity index (χ1n) is 4.87. The van der Waals surface area contributed by atoms with Gasteiger partial charge in [-0.3, -0.25) is 0 Å². The van der Waals surface area contributed by atoms with E-state index in [0.29, 0.717) is 0 Å². The number of nitrogens with two attached hydrogens (primary N) is 1. The molecule has 2 heterocycles. The third kappa shape index (κ3) is 2.38. The molecule has 0 aliphatic carbocycles. The Bertz CT molecular complexity index is 294. The van der Waals surface area contributed by atoms with E-state index in [4.69, 9.17) is 14.9 Å². The highest BCUT2D eigenvalue weighted by atomic mass is 79.9. The summed E-state index contributed by atoms with van der Waals surface area (Å²) >= 11 is 3.27. The predicted molar refractivity (Wildman–Crippen MR) is 57.1 cm³/mol. The second-order valence-electron chi connectivity index (χ2n) is 3.63. The van der Waals surface area contributed by atoms with Crippen molar-refractivity contribution in [3.63, 3.8) is 0 Å². The summed E-state index contributed by atoms with van der Waals surface area (Å²) in [6.45, 7) is 0.847. The predicted octanol–water partition coefficient (Wildman–Crippen LogP) is 2.09. The van der Waals surface area contributed by atoms with Crippen LogP contribution in [-0.4, -0.2) is 18.8 Å². The van der Waals surface area contributed by atoms with E-state index < -0.39 is 0 Å². The lowest BCUT2D eigenvalue weighted by Crippen LogP contribution is -2.35. The Morgan fingerprint density at radius 2 is 2.43 bits per heavy atom. The van der Waals surface area contributed by atoms with E-state index in [-0.39, 0.29) is 12.1 Å². The van der Waals surface area contributed by atoms with Crippen LogP contribution in [0.15, 0.2) is 21.2 Å². The molecule has 1 saturated heterocycles. The second kappa shape index (κ2) is 4.47. The highest BCUT2D eigenvalue weighted by molar-refractivity contribution is 9.10. The summed E-state index contributed by atoms with van der Waals surface area (Å²) in [5.74, 6) is 0.917. The molecular formula is C10H14BrNO2. The Kier molecular flexibility index (Phi) is 3.26. The van der Waals surface area contributed by atoms with E-state index in [9.17, 15) is 0 Å². The smallest absolute Gasteiger partial charge is 0.169 e. The molecule has 0 amide bonds. The highest BCUT2D eigenvalue weighted by Crippen LogP contribution is 2.20. The largest absolute Gasteiger partial charge is 0.454 e. The van der Waals surface area contributed by atoms with Gasteiger partial charge in [0.15, 0.2) is 4.67 Å². The number of ether oxygens (including phenoxy) is 1. The van der Waals surface area contributed by atoms with Gasteiger partial charge in [0.1, 0.15) is 5.76 Å². The zero-order valence-electron chi connectivity index (χ0n) is 7.91. The average molecular weight is 260 g/mol. The van der Waals surface area contributed by atoms with Crippen LogP contribution < -0.4 is 5.73 Å². The molecule has 0 bridgehead atoms. The number of halogens is 1. The molecule has 0 radical (unpaired) electrons. The van der Waals surface area contributed by atoms with Crippen molar-refractivity contribution in [2.24, 2.45) is 5.73 Å². The molecule has 1 fully saturated rings. The fourth-order valence-corrected chi connectivity index (χ4v) is 2.11. The Morgan fingerprint density at radius 3 is 3.00 bits per heavy atom. The van der Waals surface area contributed by atoms with Gasteiger partial charge in [0.25, 0.3) is 0 Å². The molecule has 1 aromatic heterocycles. The molecule has 14 heavy (non-hydrogen) atoms. The first-order chi connectivity index (χ1) is 6.75. The standard InChI is InChI=1S/C10H14BrNO2/c11-10-4-3-7(14-10)6-8(12)9-2-1-5-13-9/h3-4,8-9H,1-2,5-6,12H2. The quantitative estimate of drug-likeness (QED) is 0.905. The normalized spacial score (nSPS) is 24.0. The average Bonchev–Trinajstić information content (AvgIpc) is 2.75. The van der Waals surface area contributed by atoms with Crippen molar-refractivity contribution in [1.82, 2.24) is 0 Å². The van der Waals surface area contributed by atoms with E-state index in [1.807, 2.05) is 12.1 Å². The van der Waals surface area contributed by atoms with Crippen molar-refractivity contribution in [2.45, 2.75) is 31.4 Å². The third-order valence-electron chi connectivity index (χ3n) is 2.51. The van der Waals surface area contributed by atoms with Crippen molar-refractivity contribution in [3.8, 4) is 0 Å². The summed E-state index contributed by atoms with van der Waals surface area (Å²) in [7, 11) is 0. The van der Waals surface area contributed by atoms with E-state index in [1.54, 1.807) is 0 Å². The molecule has 78 valence electrons. The SMILES string of the molecule is NC(Cc1ccc(Br)o1)C1CCCO1. The summed E-state index contributed by atoms with van der Waals surface area (Å²) < 4.78 is 11.7. The van der Waals surface area contributed by atoms with Gasteiger partial charge in [0.05, 0.1) is 6.10 Å². The van der Waals surface area contributed by atoms with Gasteiger partial charge < -0.3 is 14.9 Å². The molecule has 2 unspecified atom stereocenters. The van der Waals surface area contributed by atoms with Gasteiger partial charge in [0.2, 0.25) is 0 Å². The second-order valence-corrected chi connectivity index (χ2v) is 4.41. The third-order valence-corrected chi connectivity index (χ3v) is 2.93. The Balaban J connectivity index is 1.90. The topological polar surface area (TPSA) is 48.4 Å². The van der Waals surface area contributed by atoms with Crippen LogP contribution in [0.25, 0.3) is 0 Å². The van der Waals surface area contributed by atoms with Crippen LogP contribution in [0.4, 0.5) is 0 Å². The lowest BCUT2D eigenvalue weighted by molar-refractivity contribution is 0.0884. The Hall–Kier alpha value is -0.320. The minimum atomic E-state index is 0.0514. The molecule has 1 aliphatic rings. The molecule has 0 aromatic carbocycles. The number of furan rings is 1. The first-order valence-corrected chi connectivity index (χ1v) is 5.66. The van der Waals surface area contributed by atoms with Crippen molar-refractivity contribution >= 4 is 15.9 Å². The number of rotatable bonds is 3. The molecule has 1 aliphatic heterocycles. The molecule has 1 aromatic rings. The zero-order chi connectivity index (χ0) is 9.97. The minimum absolute atomic E-state index is 0.0514. The minimum Gasteiger partial charge on any atom is -0.454 e. The fourth-order valence-electron chi connectivity index (χ4n) is 1.77. The lowest BCUT2D eigenvalue weighted by Gasteiger charge is -2.16. The highest BCUT2D eigenvalue weighted by Gasteiger charge is 2.23. The maximum Gasteiger partial charge on any atom is 0.169 e. The molecule has 3 nitrogen and oxygen atoms in total. The molecule has 2 atom stereocenters. The number of hydrogen-bond donors (Lipinski definition) is 1. The summed E-state index contributed by atoms with van der Waals surface area (Å²) in [5.41, 5.74) is 6.02. The maximum atomic E-state index is 6.02. The van der Waals surface area contributed by atoms with Gasteiger partial charge >= 0.3 is 0 Å². The molecule has 2 rings (SSSR count). The fraction of sp³-hybridized carbons (Fsp3) is 0.600. The summed E-state index contributed by atoms with van der Waals surface area (Å²) in [6.07, 6.45) is 3.15. The van der Waals surface area contributed by atoms with Crippen molar-refractivity contribution < 1.29 is 9.15 Å². The summed E-state index contributed by atoms with van der Waals surface area (Å²) in [6, 6.07) is 3.88. The van der Waals surface area contributed by atoms with Crippen LogP contribution in [-0.2, 0) is 11.2 Å². The van der Waals surface area contributed by atoms with E-state index >= 15 is 0 Å². The van der Waals surface area contributed by atoms with E-state index in [1.165, 1.54) is 0 Å². The van der Waals surface area contributed by atoms with Crippen molar-refractivity contribution in [1.29, 1.82) is 0 Å². The lowest BCUT2D eigenvalue weighted by atomic mass is 10.0. The first kappa shape index (κ1) is 10.2. The van der Waals surface area contributed by atoms with Crippen LogP contribution in [0, 0.1) is 0 Å². The van der Waals surface area contributed by atoms with Gasteiger partial charge in [-0.15, -0.1) is 0 Å². The molecule has 4 heteroatoms. The summed E-state index contributed by atoms with van der Waals surface area (Å²) in [4.78, 5) is 0. The van der Waals surface area contributed by atoms with Crippen molar-refractivity contribution in [3.05, 3.63) is 22.6 Å². The monoisotopic (exact) mass is 259 g/mol. The van der Waals surface area contributed by atoms with Crippen LogP contribution in [0.2, 0.25) is 0 Å². The van der Waals surface area contributed by atoms with Crippen LogP contribution in [0.3, 0.4) is 0 Å². The summed E-state index contributed by atoms with van der Waals surface area (Å²) in [5, 5.41) is 0. The zero-order valence-corrected chi connectivity index (χ0v) is 9.50. The van der Waals surface area contributed by atoms with Gasteiger partial charge in [-0.05, 0) is 40.9 Å². The number of hydrogen-bond acceptors (Lipinski definition) is 3. The molecular weight excluding hydrogens is 246 g/mol. The van der Waals surface area contributed by atoms with Crippen LogP contribution >= 0.6 is 15.9 Å². The van der Waals surface area contributed by atoms with Crippen LogP contribution in [0.1, 0.15) is 18.6 Å². The van der Waals surface area contributed by atoms with E-state index in [0.717, 1.165) is 36.3 Å². The van der Waals surface area contributed by atoms with Gasteiger partial charge in [0, 0.05) is 19.1 Å². The Labute approximate surface area is 91.7 Å². The molecule has 0 saturated carbocycles. The maximum absolute atomic E-state index is 6.02. The van der Waals surface area contributed by atoms with Gasteiger partial charge in [-0.2, -0.15) is 0 Å². The van der Waals surface area contributed by atoms with E-state index in [2.05, 4.69) is 15.9 Å².